The second-order valence-electron chi connectivity index (χ2n) is 6.48. The van der Waals surface area contributed by atoms with Gasteiger partial charge < -0.3 is 10.1 Å². The Bertz CT molecular complexity index is 467. The largest absolute Gasteiger partial charge is 0.494 e. The van der Waals surface area contributed by atoms with Crippen molar-refractivity contribution in [3.05, 3.63) is 24.3 Å². The molecule has 0 atom stereocenters. The minimum Gasteiger partial charge on any atom is -0.494 e. The molecular weight excluding hydrogens is 288 g/mol. The first kappa shape index (κ1) is 17.8. The number of nitrogens with one attached hydrogen (secondary N) is 1. The van der Waals surface area contributed by atoms with Gasteiger partial charge in [0.05, 0.1) is 13.2 Å². The molecule has 1 amide bonds. The van der Waals surface area contributed by atoms with Crippen molar-refractivity contribution in [2.45, 2.75) is 57.9 Å². The molecule has 1 aromatic carbocycles. The van der Waals surface area contributed by atoms with Gasteiger partial charge in [0.2, 0.25) is 5.91 Å². The molecule has 0 heterocycles. The Morgan fingerprint density at radius 3 is 2.57 bits per heavy atom. The van der Waals surface area contributed by atoms with Crippen LogP contribution in [0.25, 0.3) is 0 Å². The number of rotatable bonds is 8. The molecule has 0 unspecified atom stereocenters. The molecule has 0 radical (unpaired) electrons. The van der Waals surface area contributed by atoms with Gasteiger partial charge in [-0.25, -0.2) is 0 Å². The van der Waals surface area contributed by atoms with Gasteiger partial charge in [-0.3, -0.25) is 9.69 Å². The number of hydrogen-bond donors (Lipinski definition) is 1. The minimum absolute atomic E-state index is 0.0534. The standard InChI is InChI=1S/C19H30N2O2/c1-3-4-14-23-18-12-10-16(11-13-18)20-19(22)15-21(2)17-8-6-5-7-9-17/h10-13,17H,3-9,14-15H2,1-2H3,(H,20,22). The van der Waals surface area contributed by atoms with Crippen LogP contribution in [0.3, 0.4) is 0 Å². The SMILES string of the molecule is CCCCOc1ccc(NC(=O)CN(C)C2CCCCC2)cc1. The van der Waals surface area contributed by atoms with Gasteiger partial charge in [-0.15, -0.1) is 0 Å². The van der Waals surface area contributed by atoms with Crippen LogP contribution in [-0.2, 0) is 4.79 Å². The van der Waals surface area contributed by atoms with Gasteiger partial charge in [-0.1, -0.05) is 32.6 Å². The van der Waals surface area contributed by atoms with Crippen molar-refractivity contribution < 1.29 is 9.53 Å². The summed E-state index contributed by atoms with van der Waals surface area (Å²) in [5, 5.41) is 2.97. The number of hydrogen-bond acceptors (Lipinski definition) is 3. The number of likely N-dealkylation sites (N-methyl/N-ethyl adjacent to an activating group) is 1. The molecule has 4 heteroatoms. The monoisotopic (exact) mass is 318 g/mol. The second kappa shape index (κ2) is 9.56. The fourth-order valence-electron chi connectivity index (χ4n) is 3.05. The topological polar surface area (TPSA) is 41.6 Å². The number of carbonyl (C=O) groups excluding carboxylic acids is 1. The van der Waals surface area contributed by atoms with E-state index in [9.17, 15) is 4.79 Å². The van der Waals surface area contributed by atoms with Gasteiger partial charge in [-0.05, 0) is 50.6 Å². The average molecular weight is 318 g/mol. The molecule has 2 rings (SSSR count). The van der Waals surface area contributed by atoms with Crippen LogP contribution in [0.5, 0.6) is 5.75 Å². The third kappa shape index (κ3) is 6.22. The molecule has 1 saturated carbocycles. The van der Waals surface area contributed by atoms with Crippen LogP contribution in [0.1, 0.15) is 51.9 Å². The number of unbranched alkanes of at least 4 members (excludes halogenated alkanes) is 1. The van der Waals surface area contributed by atoms with Crippen molar-refractivity contribution in [3.63, 3.8) is 0 Å². The highest BCUT2D eigenvalue weighted by Gasteiger charge is 2.19. The van der Waals surface area contributed by atoms with Crippen LogP contribution < -0.4 is 10.1 Å². The van der Waals surface area contributed by atoms with Gasteiger partial charge in [0.25, 0.3) is 0 Å². The summed E-state index contributed by atoms with van der Waals surface area (Å²) in [7, 11) is 2.06. The lowest BCUT2D eigenvalue weighted by Gasteiger charge is -2.30. The van der Waals surface area contributed by atoms with Crippen LogP contribution in [-0.4, -0.2) is 37.0 Å². The van der Waals surface area contributed by atoms with Crippen molar-refractivity contribution in [2.24, 2.45) is 0 Å². The van der Waals surface area contributed by atoms with Crippen LogP contribution in [0.4, 0.5) is 5.69 Å². The number of anilines is 1. The Morgan fingerprint density at radius 1 is 1.22 bits per heavy atom. The number of nitrogens with zero attached hydrogens (tertiary/aromatic N) is 1. The molecule has 128 valence electrons. The van der Waals surface area contributed by atoms with Crippen LogP contribution in [0.2, 0.25) is 0 Å². The lowest BCUT2D eigenvalue weighted by Crippen LogP contribution is -2.39. The Hall–Kier alpha value is -1.55. The van der Waals surface area contributed by atoms with E-state index in [0.29, 0.717) is 12.6 Å². The first-order valence-corrected chi connectivity index (χ1v) is 8.92. The van der Waals surface area contributed by atoms with Crippen LogP contribution >= 0.6 is 0 Å². The van der Waals surface area contributed by atoms with E-state index < -0.39 is 0 Å². The molecule has 1 fully saturated rings. The highest BCUT2D eigenvalue weighted by Crippen LogP contribution is 2.21. The quantitative estimate of drug-likeness (QED) is 0.735. The highest BCUT2D eigenvalue weighted by atomic mass is 16.5. The molecule has 0 saturated heterocycles. The Morgan fingerprint density at radius 2 is 1.91 bits per heavy atom. The molecule has 0 bridgehead atoms. The summed E-state index contributed by atoms with van der Waals surface area (Å²) < 4.78 is 5.63. The third-order valence-corrected chi connectivity index (χ3v) is 4.50. The van der Waals surface area contributed by atoms with E-state index in [0.717, 1.165) is 30.9 Å². The fourth-order valence-corrected chi connectivity index (χ4v) is 3.05. The van der Waals surface area contributed by atoms with Crippen LogP contribution in [0.15, 0.2) is 24.3 Å². The zero-order valence-electron chi connectivity index (χ0n) is 14.5. The lowest BCUT2D eigenvalue weighted by molar-refractivity contribution is -0.117. The molecule has 1 aliphatic rings. The molecular formula is C19H30N2O2. The molecule has 23 heavy (non-hydrogen) atoms. The molecule has 1 N–H and O–H groups in total. The van der Waals surface area contributed by atoms with E-state index in [4.69, 9.17) is 4.74 Å². The maximum absolute atomic E-state index is 12.2. The highest BCUT2D eigenvalue weighted by molar-refractivity contribution is 5.92. The summed E-state index contributed by atoms with van der Waals surface area (Å²) in [6, 6.07) is 8.19. The van der Waals surface area contributed by atoms with Crippen LogP contribution in [0, 0.1) is 0 Å². The molecule has 1 aliphatic carbocycles. The van der Waals surface area contributed by atoms with E-state index in [1.54, 1.807) is 0 Å². The summed E-state index contributed by atoms with van der Waals surface area (Å²) in [6.07, 6.45) is 8.53. The maximum Gasteiger partial charge on any atom is 0.238 e. The van der Waals surface area contributed by atoms with Gasteiger partial charge in [0.15, 0.2) is 0 Å². The Kier molecular flexibility index (Phi) is 7.40. The van der Waals surface area contributed by atoms with Gasteiger partial charge in [0.1, 0.15) is 5.75 Å². The maximum atomic E-state index is 12.2. The second-order valence-corrected chi connectivity index (χ2v) is 6.48. The van der Waals surface area contributed by atoms with Crippen molar-refractivity contribution >= 4 is 11.6 Å². The van der Waals surface area contributed by atoms with E-state index in [-0.39, 0.29) is 5.91 Å². The summed E-state index contributed by atoms with van der Waals surface area (Å²) in [6.45, 7) is 3.35. The molecule has 0 spiro atoms. The predicted octanol–water partition coefficient (Wildman–Crippen LogP) is 4.07. The van der Waals surface area contributed by atoms with E-state index in [1.165, 1.54) is 32.1 Å². The zero-order chi connectivity index (χ0) is 16.5. The normalized spacial score (nSPS) is 15.6. The van der Waals surface area contributed by atoms with Crippen molar-refractivity contribution in [2.75, 3.05) is 25.5 Å². The summed E-state index contributed by atoms with van der Waals surface area (Å²) in [5.41, 5.74) is 0.829. The minimum atomic E-state index is 0.0534. The number of ether oxygens (including phenoxy) is 1. The van der Waals surface area contributed by atoms with Gasteiger partial charge in [-0.2, -0.15) is 0 Å². The van der Waals surface area contributed by atoms with E-state index in [2.05, 4.69) is 24.2 Å². The number of carbonyl (C=O) groups is 1. The summed E-state index contributed by atoms with van der Waals surface area (Å²) in [5.74, 6) is 0.911. The Balaban J connectivity index is 1.75. The summed E-state index contributed by atoms with van der Waals surface area (Å²) in [4.78, 5) is 14.4. The van der Waals surface area contributed by atoms with E-state index >= 15 is 0 Å². The molecule has 1 aromatic rings. The zero-order valence-corrected chi connectivity index (χ0v) is 14.5. The molecule has 4 nitrogen and oxygen atoms in total. The number of benzene rings is 1. The molecule has 0 aliphatic heterocycles. The van der Waals surface area contributed by atoms with Crippen molar-refractivity contribution in [1.82, 2.24) is 4.90 Å². The predicted molar refractivity (Wildman–Crippen MR) is 95.0 cm³/mol. The number of amides is 1. The van der Waals surface area contributed by atoms with E-state index in [1.807, 2.05) is 24.3 Å². The average Bonchev–Trinajstić information content (AvgIpc) is 2.57. The first-order valence-electron chi connectivity index (χ1n) is 8.92. The van der Waals surface area contributed by atoms with Crippen molar-refractivity contribution in [3.8, 4) is 5.75 Å². The Labute approximate surface area is 140 Å². The third-order valence-electron chi connectivity index (χ3n) is 4.50. The van der Waals surface area contributed by atoms with Gasteiger partial charge >= 0.3 is 0 Å². The first-order chi connectivity index (χ1) is 11.2. The van der Waals surface area contributed by atoms with Crippen molar-refractivity contribution in [1.29, 1.82) is 0 Å². The smallest absolute Gasteiger partial charge is 0.238 e. The lowest BCUT2D eigenvalue weighted by atomic mass is 9.94. The fraction of sp³-hybridized carbons (Fsp3) is 0.632. The summed E-state index contributed by atoms with van der Waals surface area (Å²) >= 11 is 0. The molecule has 0 aromatic heterocycles. The van der Waals surface area contributed by atoms with Gasteiger partial charge in [0, 0.05) is 11.7 Å².